The Balaban J connectivity index is 2.16. The molecule has 6 heteroatoms. The smallest absolute Gasteiger partial charge is 0.251 e. The first-order chi connectivity index (χ1) is 9.47. The van der Waals surface area contributed by atoms with Gasteiger partial charge in [0.05, 0.1) is 0 Å². The normalized spacial score (nSPS) is 12.4. The fraction of sp³-hybridized carbons (Fsp3) is 0.357. The number of aromatic nitrogens is 2. The Kier molecular flexibility index (Phi) is 4.54. The Labute approximate surface area is 125 Å². The Hall–Kier alpha value is -1.69. The van der Waals surface area contributed by atoms with Crippen LogP contribution in [0.4, 0.5) is 0 Å². The Morgan fingerprint density at radius 2 is 1.95 bits per heavy atom. The number of nitrogens with zero attached hydrogens (tertiary/aromatic N) is 2. The lowest BCUT2D eigenvalue weighted by atomic mass is 10.0. The van der Waals surface area contributed by atoms with E-state index in [-0.39, 0.29) is 17.9 Å². The lowest BCUT2D eigenvalue weighted by molar-refractivity contribution is 0.0914. The monoisotopic (exact) mass is 337 g/mol. The number of rotatable bonds is 4. The summed E-state index contributed by atoms with van der Waals surface area (Å²) in [6.45, 7) is 5.74. The number of benzene rings is 1. The Morgan fingerprint density at radius 3 is 2.45 bits per heavy atom. The SMILES string of the molecule is Cc1noc([C@@H](NC(=O)c2ccc(Br)cc2)C(C)C)n1. The van der Waals surface area contributed by atoms with Gasteiger partial charge < -0.3 is 9.84 Å². The van der Waals surface area contributed by atoms with Crippen LogP contribution in [0.3, 0.4) is 0 Å². The van der Waals surface area contributed by atoms with E-state index in [2.05, 4.69) is 31.4 Å². The predicted octanol–water partition coefficient (Wildman–Crippen LogP) is 3.27. The zero-order chi connectivity index (χ0) is 14.7. The molecule has 2 aromatic rings. The average Bonchev–Trinajstić information content (AvgIpc) is 2.82. The summed E-state index contributed by atoms with van der Waals surface area (Å²) in [5.74, 6) is 0.979. The van der Waals surface area contributed by atoms with Crippen LogP contribution in [0.1, 0.15) is 42.0 Å². The van der Waals surface area contributed by atoms with Gasteiger partial charge in [0.2, 0.25) is 5.89 Å². The highest BCUT2D eigenvalue weighted by Gasteiger charge is 2.24. The third-order valence-electron chi connectivity index (χ3n) is 2.87. The van der Waals surface area contributed by atoms with E-state index in [4.69, 9.17) is 4.52 Å². The highest BCUT2D eigenvalue weighted by atomic mass is 79.9. The van der Waals surface area contributed by atoms with Gasteiger partial charge in [0.15, 0.2) is 5.82 Å². The molecule has 1 atom stereocenters. The molecule has 2 rings (SSSR count). The molecule has 0 aliphatic heterocycles. The van der Waals surface area contributed by atoms with Crippen molar-refractivity contribution in [2.75, 3.05) is 0 Å². The average molecular weight is 338 g/mol. The van der Waals surface area contributed by atoms with Crippen LogP contribution in [0.15, 0.2) is 33.3 Å². The molecule has 0 aliphatic rings. The van der Waals surface area contributed by atoms with Crippen LogP contribution in [0.2, 0.25) is 0 Å². The van der Waals surface area contributed by atoms with Crippen LogP contribution in [-0.4, -0.2) is 16.0 Å². The summed E-state index contributed by atoms with van der Waals surface area (Å²) in [4.78, 5) is 16.4. The molecule has 0 fully saturated rings. The predicted molar refractivity (Wildman–Crippen MR) is 78.2 cm³/mol. The van der Waals surface area contributed by atoms with Crippen molar-refractivity contribution in [2.24, 2.45) is 5.92 Å². The van der Waals surface area contributed by atoms with Crippen molar-refractivity contribution < 1.29 is 9.32 Å². The molecule has 106 valence electrons. The van der Waals surface area contributed by atoms with Crippen molar-refractivity contribution in [3.63, 3.8) is 0 Å². The minimum atomic E-state index is -0.299. The minimum absolute atomic E-state index is 0.147. The van der Waals surface area contributed by atoms with Gasteiger partial charge >= 0.3 is 0 Å². The number of aryl methyl sites for hydroxylation is 1. The molecule has 0 saturated heterocycles. The van der Waals surface area contributed by atoms with Crippen LogP contribution >= 0.6 is 15.9 Å². The maximum absolute atomic E-state index is 12.2. The van der Waals surface area contributed by atoms with Gasteiger partial charge in [-0.15, -0.1) is 0 Å². The zero-order valence-corrected chi connectivity index (χ0v) is 13.1. The van der Waals surface area contributed by atoms with Crippen molar-refractivity contribution in [3.8, 4) is 0 Å². The van der Waals surface area contributed by atoms with E-state index < -0.39 is 0 Å². The molecule has 1 amide bonds. The first-order valence-electron chi connectivity index (χ1n) is 6.34. The summed E-state index contributed by atoms with van der Waals surface area (Å²) in [5, 5.41) is 6.70. The number of carbonyl (C=O) groups is 1. The van der Waals surface area contributed by atoms with Crippen molar-refractivity contribution >= 4 is 21.8 Å². The first-order valence-corrected chi connectivity index (χ1v) is 7.13. The van der Waals surface area contributed by atoms with E-state index in [0.29, 0.717) is 17.3 Å². The van der Waals surface area contributed by atoms with Gasteiger partial charge in [0.25, 0.3) is 5.91 Å². The maximum Gasteiger partial charge on any atom is 0.251 e. The highest BCUT2D eigenvalue weighted by molar-refractivity contribution is 9.10. The van der Waals surface area contributed by atoms with Crippen LogP contribution in [0, 0.1) is 12.8 Å². The molecular formula is C14H16BrN3O2. The van der Waals surface area contributed by atoms with Crippen molar-refractivity contribution in [1.82, 2.24) is 15.5 Å². The van der Waals surface area contributed by atoms with E-state index in [1.54, 1.807) is 19.1 Å². The Morgan fingerprint density at radius 1 is 1.30 bits per heavy atom. The topological polar surface area (TPSA) is 68.0 Å². The van der Waals surface area contributed by atoms with E-state index in [9.17, 15) is 4.79 Å². The summed E-state index contributed by atoms with van der Waals surface area (Å²) >= 11 is 3.34. The van der Waals surface area contributed by atoms with Crippen LogP contribution in [-0.2, 0) is 0 Å². The molecule has 5 nitrogen and oxygen atoms in total. The standard InChI is InChI=1S/C14H16BrN3O2/c1-8(2)12(14-16-9(3)18-20-14)17-13(19)10-4-6-11(15)7-5-10/h4-8,12H,1-3H3,(H,17,19)/t12-/m0/s1. The highest BCUT2D eigenvalue weighted by Crippen LogP contribution is 2.21. The van der Waals surface area contributed by atoms with Gasteiger partial charge in [0.1, 0.15) is 6.04 Å². The third kappa shape index (κ3) is 3.45. The van der Waals surface area contributed by atoms with E-state index in [1.807, 2.05) is 26.0 Å². The first kappa shape index (κ1) is 14.7. The largest absolute Gasteiger partial charge is 0.340 e. The number of hydrogen-bond donors (Lipinski definition) is 1. The minimum Gasteiger partial charge on any atom is -0.340 e. The molecule has 0 bridgehead atoms. The third-order valence-corrected chi connectivity index (χ3v) is 3.40. The number of halogens is 1. The zero-order valence-electron chi connectivity index (χ0n) is 11.6. The van der Waals surface area contributed by atoms with E-state index >= 15 is 0 Å². The molecule has 0 radical (unpaired) electrons. The van der Waals surface area contributed by atoms with Gasteiger partial charge in [-0.3, -0.25) is 4.79 Å². The van der Waals surface area contributed by atoms with Gasteiger partial charge in [0, 0.05) is 10.0 Å². The lowest BCUT2D eigenvalue weighted by Crippen LogP contribution is -2.32. The molecule has 1 aromatic carbocycles. The molecule has 20 heavy (non-hydrogen) atoms. The molecule has 0 saturated carbocycles. The van der Waals surface area contributed by atoms with Gasteiger partial charge in [-0.2, -0.15) is 4.98 Å². The molecule has 0 unspecified atom stereocenters. The Bertz CT molecular complexity index is 593. The number of carbonyl (C=O) groups excluding carboxylic acids is 1. The molecule has 1 aromatic heterocycles. The van der Waals surface area contributed by atoms with E-state index in [0.717, 1.165) is 4.47 Å². The van der Waals surface area contributed by atoms with Crippen LogP contribution < -0.4 is 5.32 Å². The quantitative estimate of drug-likeness (QED) is 0.929. The van der Waals surface area contributed by atoms with Crippen LogP contribution in [0.5, 0.6) is 0 Å². The molecule has 1 N–H and O–H groups in total. The molecule has 0 spiro atoms. The number of hydrogen-bond acceptors (Lipinski definition) is 4. The fourth-order valence-electron chi connectivity index (χ4n) is 1.78. The van der Waals surface area contributed by atoms with Crippen molar-refractivity contribution in [2.45, 2.75) is 26.8 Å². The molecule has 1 heterocycles. The summed E-state index contributed by atoms with van der Waals surface area (Å²) in [5.41, 5.74) is 0.593. The maximum atomic E-state index is 12.2. The molecule has 0 aliphatic carbocycles. The van der Waals surface area contributed by atoms with E-state index in [1.165, 1.54) is 0 Å². The van der Waals surface area contributed by atoms with Crippen LogP contribution in [0.25, 0.3) is 0 Å². The second kappa shape index (κ2) is 6.17. The summed E-state index contributed by atoms with van der Waals surface area (Å²) < 4.78 is 6.09. The van der Waals surface area contributed by atoms with Gasteiger partial charge in [-0.05, 0) is 37.1 Å². The fourth-order valence-corrected chi connectivity index (χ4v) is 2.04. The summed E-state index contributed by atoms with van der Waals surface area (Å²) in [6, 6.07) is 6.88. The second-order valence-electron chi connectivity index (χ2n) is 4.88. The molecular weight excluding hydrogens is 322 g/mol. The lowest BCUT2D eigenvalue weighted by Gasteiger charge is -2.18. The summed E-state index contributed by atoms with van der Waals surface area (Å²) in [7, 11) is 0. The van der Waals surface area contributed by atoms with Crippen molar-refractivity contribution in [3.05, 3.63) is 46.0 Å². The second-order valence-corrected chi connectivity index (χ2v) is 5.80. The number of amides is 1. The van der Waals surface area contributed by atoms with Gasteiger partial charge in [-0.25, -0.2) is 0 Å². The number of nitrogens with one attached hydrogen (secondary N) is 1. The van der Waals surface area contributed by atoms with Gasteiger partial charge in [-0.1, -0.05) is 34.9 Å². The van der Waals surface area contributed by atoms with Crippen molar-refractivity contribution in [1.29, 1.82) is 0 Å². The summed E-state index contributed by atoms with van der Waals surface area (Å²) in [6.07, 6.45) is 0.